The molecule has 0 bridgehead atoms. The van der Waals surface area contributed by atoms with Gasteiger partial charge in [0, 0.05) is 31.2 Å². The van der Waals surface area contributed by atoms with Crippen molar-refractivity contribution in [3.05, 3.63) is 11.8 Å². The van der Waals surface area contributed by atoms with Crippen molar-refractivity contribution in [1.29, 1.82) is 0 Å². The van der Waals surface area contributed by atoms with E-state index in [1.54, 1.807) is 0 Å². The van der Waals surface area contributed by atoms with Gasteiger partial charge in [0.25, 0.3) is 10.0 Å². The first-order valence-electron chi connectivity index (χ1n) is 6.90. The van der Waals surface area contributed by atoms with E-state index >= 15 is 0 Å². The zero-order valence-corrected chi connectivity index (χ0v) is 12.8. The summed E-state index contributed by atoms with van der Waals surface area (Å²) in [5, 5.41) is 6.33. The molecule has 20 heavy (non-hydrogen) atoms. The number of likely N-dealkylation sites (tertiary alicyclic amines) is 1. The van der Waals surface area contributed by atoms with Crippen molar-refractivity contribution < 1.29 is 8.42 Å². The fourth-order valence-corrected chi connectivity index (χ4v) is 3.73. The van der Waals surface area contributed by atoms with Crippen molar-refractivity contribution >= 4 is 10.0 Å². The number of sulfonamides is 1. The fourth-order valence-electron chi connectivity index (χ4n) is 2.48. The first kappa shape index (κ1) is 15.4. The van der Waals surface area contributed by atoms with E-state index in [9.17, 15) is 8.42 Å². The third kappa shape index (κ3) is 3.38. The summed E-state index contributed by atoms with van der Waals surface area (Å²) in [5.74, 6) is 0.358. The molecule has 8 heteroatoms. The van der Waals surface area contributed by atoms with Gasteiger partial charge in [0.2, 0.25) is 0 Å². The molecule has 1 aliphatic rings. The molecule has 0 amide bonds. The average Bonchev–Trinajstić information content (AvgIpc) is 3.05. The van der Waals surface area contributed by atoms with Crippen LogP contribution >= 0.6 is 0 Å². The highest BCUT2D eigenvalue weighted by Gasteiger charge is 2.27. The Morgan fingerprint density at radius 3 is 2.95 bits per heavy atom. The predicted octanol–water partition coefficient (Wildman–Crippen LogP) is -0.123. The lowest BCUT2D eigenvalue weighted by Gasteiger charge is -2.20. The highest BCUT2D eigenvalue weighted by atomic mass is 32.2. The lowest BCUT2D eigenvalue weighted by atomic mass is 10.1. The van der Waals surface area contributed by atoms with E-state index < -0.39 is 10.0 Å². The highest BCUT2D eigenvalue weighted by molar-refractivity contribution is 7.89. The number of aromatic amines is 1. The van der Waals surface area contributed by atoms with E-state index in [2.05, 4.69) is 33.7 Å². The van der Waals surface area contributed by atoms with Gasteiger partial charge in [0.05, 0.1) is 6.20 Å². The van der Waals surface area contributed by atoms with Crippen LogP contribution in [0.15, 0.2) is 11.2 Å². The number of nitrogens with two attached hydrogens (primary N) is 1. The normalized spacial score (nSPS) is 20.9. The zero-order valence-electron chi connectivity index (χ0n) is 12.0. The molecule has 0 saturated carbocycles. The maximum absolute atomic E-state index is 12.2. The Hall–Kier alpha value is -0.960. The molecule has 0 spiro atoms. The third-order valence-electron chi connectivity index (χ3n) is 3.78. The number of nitrogens with one attached hydrogen (secondary N) is 2. The Balaban J connectivity index is 1.94. The molecule has 1 aromatic rings. The van der Waals surface area contributed by atoms with Crippen molar-refractivity contribution in [3.8, 4) is 0 Å². The maximum Gasteiger partial charge on any atom is 0.257 e. The van der Waals surface area contributed by atoms with Crippen LogP contribution in [0.25, 0.3) is 0 Å². The van der Waals surface area contributed by atoms with Crippen LogP contribution < -0.4 is 10.5 Å². The molecule has 1 atom stereocenters. The van der Waals surface area contributed by atoms with Gasteiger partial charge in [-0.15, -0.1) is 0 Å². The van der Waals surface area contributed by atoms with Gasteiger partial charge in [0.1, 0.15) is 0 Å². The van der Waals surface area contributed by atoms with Crippen LogP contribution in [0.2, 0.25) is 0 Å². The lowest BCUT2D eigenvalue weighted by molar-refractivity contribution is 0.265. The van der Waals surface area contributed by atoms with Crippen LogP contribution in [0.1, 0.15) is 25.8 Å². The molecule has 0 aromatic carbocycles. The number of nitrogens with zero attached hydrogens (tertiary/aromatic N) is 2. The van der Waals surface area contributed by atoms with Crippen molar-refractivity contribution in [1.82, 2.24) is 19.8 Å². The molecule has 0 aliphatic carbocycles. The van der Waals surface area contributed by atoms with Gasteiger partial charge in [-0.1, -0.05) is 0 Å². The molecule has 114 valence electrons. The van der Waals surface area contributed by atoms with Crippen molar-refractivity contribution in [2.24, 2.45) is 11.7 Å². The molecular formula is C12H23N5O2S. The van der Waals surface area contributed by atoms with E-state index in [1.807, 2.05) is 0 Å². The minimum absolute atomic E-state index is 0.0821. The molecule has 2 rings (SSSR count). The Kier molecular flexibility index (Phi) is 4.79. The smallest absolute Gasteiger partial charge is 0.257 e. The van der Waals surface area contributed by atoms with Crippen LogP contribution in [-0.4, -0.2) is 49.2 Å². The minimum Gasteiger partial charge on any atom is -0.326 e. The van der Waals surface area contributed by atoms with Crippen LogP contribution in [0, 0.1) is 5.92 Å². The van der Waals surface area contributed by atoms with Gasteiger partial charge in [-0.05, 0) is 32.7 Å². The summed E-state index contributed by atoms with van der Waals surface area (Å²) in [6.07, 6.45) is 2.47. The van der Waals surface area contributed by atoms with E-state index in [4.69, 9.17) is 5.73 Å². The number of hydrogen-bond acceptors (Lipinski definition) is 5. The summed E-state index contributed by atoms with van der Waals surface area (Å²) in [6.45, 7) is 6.89. The third-order valence-corrected chi connectivity index (χ3v) is 5.21. The Morgan fingerprint density at radius 2 is 2.35 bits per heavy atom. The molecule has 1 unspecified atom stereocenters. The van der Waals surface area contributed by atoms with Gasteiger partial charge in [-0.3, -0.25) is 5.10 Å². The van der Waals surface area contributed by atoms with Gasteiger partial charge < -0.3 is 10.6 Å². The van der Waals surface area contributed by atoms with Gasteiger partial charge in [0.15, 0.2) is 5.03 Å². The molecule has 1 saturated heterocycles. The standard InChI is InChI=1S/C12H23N5O2S/c1-9(2)17-4-3-10(8-17)6-15-20(18,19)12-11(5-13)7-14-16-12/h7,9-10,15H,3-6,8,13H2,1-2H3,(H,14,16). The summed E-state index contributed by atoms with van der Waals surface area (Å²) in [5.41, 5.74) is 6.01. The molecule has 1 fully saturated rings. The van der Waals surface area contributed by atoms with Crippen molar-refractivity contribution in [3.63, 3.8) is 0 Å². The van der Waals surface area contributed by atoms with Crippen LogP contribution in [-0.2, 0) is 16.6 Å². The molecule has 1 aliphatic heterocycles. The van der Waals surface area contributed by atoms with Gasteiger partial charge in [-0.25, -0.2) is 13.1 Å². The second kappa shape index (κ2) is 6.21. The molecular weight excluding hydrogens is 278 g/mol. The van der Waals surface area contributed by atoms with E-state index in [1.165, 1.54) is 6.20 Å². The fraction of sp³-hybridized carbons (Fsp3) is 0.750. The topological polar surface area (TPSA) is 104 Å². The second-order valence-electron chi connectivity index (χ2n) is 5.52. The predicted molar refractivity (Wildman–Crippen MR) is 76.5 cm³/mol. The maximum atomic E-state index is 12.2. The van der Waals surface area contributed by atoms with Crippen molar-refractivity contribution in [2.45, 2.75) is 37.9 Å². The number of rotatable bonds is 6. The first-order valence-corrected chi connectivity index (χ1v) is 8.38. The summed E-state index contributed by atoms with van der Waals surface area (Å²) in [4.78, 5) is 2.36. The largest absolute Gasteiger partial charge is 0.326 e. The molecule has 0 radical (unpaired) electrons. The lowest BCUT2D eigenvalue weighted by Crippen LogP contribution is -2.33. The monoisotopic (exact) mass is 301 g/mol. The number of aromatic nitrogens is 2. The van der Waals surface area contributed by atoms with Crippen LogP contribution in [0.3, 0.4) is 0 Å². The first-order chi connectivity index (χ1) is 9.44. The second-order valence-corrected chi connectivity index (χ2v) is 7.23. The molecule has 2 heterocycles. The quantitative estimate of drug-likeness (QED) is 0.679. The molecule has 7 nitrogen and oxygen atoms in total. The minimum atomic E-state index is -3.55. The highest BCUT2D eigenvalue weighted by Crippen LogP contribution is 2.18. The van der Waals surface area contributed by atoms with Crippen LogP contribution in [0.5, 0.6) is 0 Å². The number of H-pyrrole nitrogens is 1. The Morgan fingerprint density at radius 1 is 1.60 bits per heavy atom. The van der Waals surface area contributed by atoms with Crippen molar-refractivity contribution in [2.75, 3.05) is 19.6 Å². The zero-order chi connectivity index (χ0) is 14.8. The average molecular weight is 301 g/mol. The van der Waals surface area contributed by atoms with E-state index in [0.29, 0.717) is 24.1 Å². The van der Waals surface area contributed by atoms with E-state index in [-0.39, 0.29) is 11.6 Å². The SMILES string of the molecule is CC(C)N1CCC(CNS(=O)(=O)c2[nH]ncc2CN)C1. The Bertz CT molecular complexity index is 540. The summed E-state index contributed by atoms with van der Waals surface area (Å²) in [6, 6.07) is 0.507. The summed E-state index contributed by atoms with van der Waals surface area (Å²) < 4.78 is 27.0. The molecule has 1 aromatic heterocycles. The summed E-state index contributed by atoms with van der Waals surface area (Å²) >= 11 is 0. The van der Waals surface area contributed by atoms with Gasteiger partial charge >= 0.3 is 0 Å². The number of hydrogen-bond donors (Lipinski definition) is 3. The molecule has 4 N–H and O–H groups in total. The van der Waals surface area contributed by atoms with Crippen LogP contribution in [0.4, 0.5) is 0 Å². The van der Waals surface area contributed by atoms with Gasteiger partial charge in [-0.2, -0.15) is 5.10 Å². The Labute approximate surface area is 120 Å². The summed E-state index contributed by atoms with van der Waals surface area (Å²) in [7, 11) is -3.55. The van der Waals surface area contributed by atoms with E-state index in [0.717, 1.165) is 19.5 Å².